The number of nitrogens with one attached hydrogen (secondary N) is 1. The molecule has 1 rings (SSSR count). The predicted octanol–water partition coefficient (Wildman–Crippen LogP) is 3.83. The van der Waals surface area contributed by atoms with Crippen LogP contribution in [0.15, 0.2) is 23.1 Å². The molecule has 0 spiro atoms. The van der Waals surface area contributed by atoms with E-state index >= 15 is 0 Å². The number of benzene rings is 1. The highest BCUT2D eigenvalue weighted by atomic mass is 32.2. The number of hydrogen-bond acceptors (Lipinski definition) is 2. The van der Waals surface area contributed by atoms with Crippen molar-refractivity contribution in [3.05, 3.63) is 29.6 Å². The standard InChI is InChI=1S/C13H20FNS/c1-4-7-16-13-6-5-12(14)8-11(13)9-15-10(2)3/h5-6,8,10,15H,4,7,9H2,1-3H3. The Hall–Kier alpha value is -0.540. The number of halogens is 1. The van der Waals surface area contributed by atoms with Gasteiger partial charge >= 0.3 is 0 Å². The van der Waals surface area contributed by atoms with Crippen LogP contribution >= 0.6 is 11.8 Å². The molecule has 90 valence electrons. The second-order valence-corrected chi connectivity index (χ2v) is 5.27. The van der Waals surface area contributed by atoms with Gasteiger partial charge < -0.3 is 5.32 Å². The Kier molecular flexibility index (Phi) is 5.85. The summed E-state index contributed by atoms with van der Waals surface area (Å²) >= 11 is 1.80. The fourth-order valence-electron chi connectivity index (χ4n) is 1.35. The lowest BCUT2D eigenvalue weighted by Gasteiger charge is -2.12. The fourth-order valence-corrected chi connectivity index (χ4v) is 2.26. The van der Waals surface area contributed by atoms with Gasteiger partial charge in [-0.2, -0.15) is 0 Å². The molecule has 1 aromatic carbocycles. The average Bonchev–Trinajstić information content (AvgIpc) is 2.25. The first-order valence-corrected chi connectivity index (χ1v) is 6.76. The molecule has 0 amide bonds. The fraction of sp³-hybridized carbons (Fsp3) is 0.538. The van der Waals surface area contributed by atoms with Crippen LogP contribution in [0.1, 0.15) is 32.8 Å². The molecule has 0 saturated heterocycles. The summed E-state index contributed by atoms with van der Waals surface area (Å²) in [6.45, 7) is 7.08. The van der Waals surface area contributed by atoms with Crippen LogP contribution in [0.2, 0.25) is 0 Å². The summed E-state index contributed by atoms with van der Waals surface area (Å²) in [4.78, 5) is 1.19. The first kappa shape index (κ1) is 13.5. The number of thioether (sulfide) groups is 1. The zero-order chi connectivity index (χ0) is 12.0. The predicted molar refractivity (Wildman–Crippen MR) is 69.4 cm³/mol. The molecule has 0 aliphatic rings. The van der Waals surface area contributed by atoms with Gasteiger partial charge in [0.25, 0.3) is 0 Å². The van der Waals surface area contributed by atoms with E-state index in [0.717, 1.165) is 24.3 Å². The Labute approximate surface area is 102 Å². The van der Waals surface area contributed by atoms with Crippen LogP contribution in [-0.4, -0.2) is 11.8 Å². The Balaban J connectivity index is 2.72. The third-order valence-corrected chi connectivity index (χ3v) is 3.51. The van der Waals surface area contributed by atoms with Gasteiger partial charge in [0.1, 0.15) is 5.82 Å². The van der Waals surface area contributed by atoms with Crippen LogP contribution in [0.25, 0.3) is 0 Å². The molecule has 0 aliphatic carbocycles. The average molecular weight is 241 g/mol. The zero-order valence-corrected chi connectivity index (χ0v) is 11.0. The lowest BCUT2D eigenvalue weighted by Crippen LogP contribution is -2.22. The van der Waals surface area contributed by atoms with Gasteiger partial charge in [-0.15, -0.1) is 11.8 Å². The molecule has 0 heterocycles. The van der Waals surface area contributed by atoms with Gasteiger partial charge in [0.2, 0.25) is 0 Å². The van der Waals surface area contributed by atoms with Crippen molar-refractivity contribution < 1.29 is 4.39 Å². The second kappa shape index (κ2) is 6.92. The third-order valence-electron chi connectivity index (χ3n) is 2.18. The third kappa shape index (κ3) is 4.54. The zero-order valence-electron chi connectivity index (χ0n) is 10.2. The number of rotatable bonds is 6. The van der Waals surface area contributed by atoms with Crippen LogP contribution in [-0.2, 0) is 6.54 Å². The van der Waals surface area contributed by atoms with Gasteiger partial charge in [-0.25, -0.2) is 4.39 Å². The summed E-state index contributed by atoms with van der Waals surface area (Å²) in [7, 11) is 0. The van der Waals surface area contributed by atoms with Crippen molar-refractivity contribution in [2.45, 2.75) is 44.7 Å². The Morgan fingerprint density at radius 3 is 2.75 bits per heavy atom. The van der Waals surface area contributed by atoms with E-state index < -0.39 is 0 Å². The highest BCUT2D eigenvalue weighted by Crippen LogP contribution is 2.24. The van der Waals surface area contributed by atoms with Crippen molar-refractivity contribution in [2.24, 2.45) is 0 Å². The Morgan fingerprint density at radius 1 is 1.38 bits per heavy atom. The second-order valence-electron chi connectivity index (χ2n) is 4.14. The molecule has 0 bridgehead atoms. The SMILES string of the molecule is CCCSc1ccc(F)cc1CNC(C)C. The largest absolute Gasteiger partial charge is 0.310 e. The van der Waals surface area contributed by atoms with Gasteiger partial charge in [0, 0.05) is 17.5 Å². The number of hydrogen-bond donors (Lipinski definition) is 1. The smallest absolute Gasteiger partial charge is 0.123 e. The van der Waals surface area contributed by atoms with Crippen molar-refractivity contribution >= 4 is 11.8 Å². The van der Waals surface area contributed by atoms with E-state index in [0.29, 0.717) is 6.04 Å². The maximum Gasteiger partial charge on any atom is 0.123 e. The van der Waals surface area contributed by atoms with E-state index in [9.17, 15) is 4.39 Å². The van der Waals surface area contributed by atoms with Gasteiger partial charge in [-0.1, -0.05) is 20.8 Å². The van der Waals surface area contributed by atoms with Gasteiger partial charge in [0.15, 0.2) is 0 Å². The van der Waals surface area contributed by atoms with Crippen molar-refractivity contribution in [3.63, 3.8) is 0 Å². The topological polar surface area (TPSA) is 12.0 Å². The molecule has 0 unspecified atom stereocenters. The van der Waals surface area contributed by atoms with E-state index in [1.807, 2.05) is 6.07 Å². The van der Waals surface area contributed by atoms with Gasteiger partial charge in [-0.3, -0.25) is 0 Å². The van der Waals surface area contributed by atoms with E-state index in [1.54, 1.807) is 17.8 Å². The van der Waals surface area contributed by atoms with E-state index in [1.165, 1.54) is 11.0 Å². The van der Waals surface area contributed by atoms with E-state index in [4.69, 9.17) is 0 Å². The molecule has 0 saturated carbocycles. The minimum atomic E-state index is -0.151. The molecule has 0 aromatic heterocycles. The minimum Gasteiger partial charge on any atom is -0.310 e. The normalized spacial score (nSPS) is 11.1. The summed E-state index contributed by atoms with van der Waals surface area (Å²) in [6.07, 6.45) is 1.14. The maximum atomic E-state index is 13.2. The lowest BCUT2D eigenvalue weighted by atomic mass is 10.2. The van der Waals surface area contributed by atoms with Crippen LogP contribution in [0.3, 0.4) is 0 Å². The quantitative estimate of drug-likeness (QED) is 0.760. The molecular weight excluding hydrogens is 221 g/mol. The maximum absolute atomic E-state index is 13.2. The summed E-state index contributed by atoms with van der Waals surface area (Å²) in [5, 5.41) is 3.33. The molecule has 1 nitrogen and oxygen atoms in total. The molecule has 0 atom stereocenters. The minimum absolute atomic E-state index is 0.151. The van der Waals surface area contributed by atoms with Crippen molar-refractivity contribution in [2.75, 3.05) is 5.75 Å². The van der Waals surface area contributed by atoms with Crippen LogP contribution < -0.4 is 5.32 Å². The van der Waals surface area contributed by atoms with Crippen molar-refractivity contribution in [3.8, 4) is 0 Å². The highest BCUT2D eigenvalue weighted by molar-refractivity contribution is 7.99. The van der Waals surface area contributed by atoms with Crippen LogP contribution in [0, 0.1) is 5.82 Å². The molecule has 0 radical (unpaired) electrons. The van der Waals surface area contributed by atoms with E-state index in [2.05, 4.69) is 26.1 Å². The van der Waals surface area contributed by atoms with Crippen LogP contribution in [0.5, 0.6) is 0 Å². The molecule has 0 fully saturated rings. The van der Waals surface area contributed by atoms with Crippen LogP contribution in [0.4, 0.5) is 4.39 Å². The molecule has 16 heavy (non-hydrogen) atoms. The summed E-state index contributed by atoms with van der Waals surface area (Å²) in [5.41, 5.74) is 1.06. The monoisotopic (exact) mass is 241 g/mol. The molecular formula is C13H20FNS. The Morgan fingerprint density at radius 2 is 2.12 bits per heavy atom. The summed E-state index contributed by atoms with van der Waals surface area (Å²) in [6, 6.07) is 5.48. The molecule has 1 aromatic rings. The Bertz CT molecular complexity index is 326. The van der Waals surface area contributed by atoms with Crippen molar-refractivity contribution in [1.29, 1.82) is 0 Å². The van der Waals surface area contributed by atoms with E-state index in [-0.39, 0.29) is 5.82 Å². The first-order valence-electron chi connectivity index (χ1n) is 5.78. The van der Waals surface area contributed by atoms with Gasteiger partial charge in [0.05, 0.1) is 0 Å². The van der Waals surface area contributed by atoms with Gasteiger partial charge in [-0.05, 0) is 35.9 Å². The summed E-state index contributed by atoms with van der Waals surface area (Å²) < 4.78 is 13.2. The molecule has 1 N–H and O–H groups in total. The summed E-state index contributed by atoms with van der Waals surface area (Å²) in [5.74, 6) is 0.932. The first-order chi connectivity index (χ1) is 7.63. The lowest BCUT2D eigenvalue weighted by molar-refractivity contribution is 0.576. The molecule has 0 aliphatic heterocycles. The highest BCUT2D eigenvalue weighted by Gasteiger charge is 2.05. The van der Waals surface area contributed by atoms with Crippen molar-refractivity contribution in [1.82, 2.24) is 5.32 Å². The molecule has 3 heteroatoms.